The molecular weight excluding hydrogens is 146 g/mol. The fourth-order valence-corrected chi connectivity index (χ4v) is 0.204. The zero-order valence-electron chi connectivity index (χ0n) is 6.96. The summed E-state index contributed by atoms with van der Waals surface area (Å²) in [5, 5.41) is 7.60. The minimum absolute atomic E-state index is 0.744. The average Bonchev–Trinajstić information content (AvgIpc) is 2.02. The van der Waals surface area contributed by atoms with Crippen LogP contribution in [0.3, 0.4) is 0 Å². The number of hydroxylamine groups is 1. The molecule has 0 aliphatic heterocycles. The molecular formula is C7H15NO3. The minimum atomic E-state index is -0.981. The first-order valence-electron chi connectivity index (χ1n) is 3.39. The van der Waals surface area contributed by atoms with E-state index >= 15 is 0 Å². The molecule has 0 heterocycles. The molecule has 0 fully saturated rings. The second-order valence-electron chi connectivity index (χ2n) is 1.47. The summed E-state index contributed by atoms with van der Waals surface area (Å²) < 4.78 is 0. The van der Waals surface area contributed by atoms with Gasteiger partial charge in [-0.3, -0.25) is 0 Å². The normalized spacial score (nSPS) is 7.82. The molecule has 4 nitrogen and oxygen atoms in total. The lowest BCUT2D eigenvalue weighted by Gasteiger charge is -1.94. The molecule has 4 heteroatoms. The largest absolute Gasteiger partial charge is 0.478 e. The fourth-order valence-electron chi connectivity index (χ4n) is 0.204. The molecule has 0 amide bonds. The maximum atomic E-state index is 9.25. The summed E-state index contributed by atoms with van der Waals surface area (Å²) in [4.78, 5) is 14.0. The molecule has 0 atom stereocenters. The van der Waals surface area contributed by atoms with Crippen molar-refractivity contribution in [3.8, 4) is 0 Å². The van der Waals surface area contributed by atoms with E-state index in [0.717, 1.165) is 19.2 Å². The van der Waals surface area contributed by atoms with Crippen LogP contribution in [-0.4, -0.2) is 24.2 Å². The predicted molar refractivity (Wildman–Crippen MR) is 43.1 cm³/mol. The minimum Gasteiger partial charge on any atom is -0.478 e. The van der Waals surface area contributed by atoms with Crippen LogP contribution < -0.4 is 5.48 Å². The summed E-state index contributed by atoms with van der Waals surface area (Å²) in [7, 11) is 0. The third-order valence-corrected chi connectivity index (χ3v) is 0.565. The summed E-state index contributed by atoms with van der Waals surface area (Å²) in [5.74, 6) is -0.981. The van der Waals surface area contributed by atoms with E-state index < -0.39 is 5.97 Å². The Balaban J connectivity index is 0. The Hall–Kier alpha value is -0.870. The van der Waals surface area contributed by atoms with E-state index in [1.165, 1.54) is 0 Å². The smallest absolute Gasteiger partial charge is 0.327 e. The van der Waals surface area contributed by atoms with Gasteiger partial charge in [0.1, 0.15) is 0 Å². The van der Waals surface area contributed by atoms with E-state index in [9.17, 15) is 4.79 Å². The summed E-state index contributed by atoms with van der Waals surface area (Å²) in [6.45, 7) is 8.53. The zero-order valence-corrected chi connectivity index (χ0v) is 6.96. The molecule has 0 aliphatic rings. The quantitative estimate of drug-likeness (QED) is 0.364. The van der Waals surface area contributed by atoms with Gasteiger partial charge in [0.15, 0.2) is 0 Å². The topological polar surface area (TPSA) is 58.6 Å². The molecule has 11 heavy (non-hydrogen) atoms. The standard InChI is InChI=1S/C4H11NO.C3H4O2/c1-3-5-6-4-2;1-2-3(4)5/h5H,3-4H2,1-2H3;2H,1H2,(H,4,5). The van der Waals surface area contributed by atoms with Crippen molar-refractivity contribution in [3.63, 3.8) is 0 Å². The van der Waals surface area contributed by atoms with Gasteiger partial charge in [-0.25, -0.2) is 10.3 Å². The number of nitrogens with one attached hydrogen (secondary N) is 1. The van der Waals surface area contributed by atoms with E-state index in [4.69, 9.17) is 9.94 Å². The van der Waals surface area contributed by atoms with Crippen molar-refractivity contribution in [2.45, 2.75) is 13.8 Å². The number of hydrogen-bond acceptors (Lipinski definition) is 3. The Kier molecular flexibility index (Phi) is 13.8. The highest BCUT2D eigenvalue weighted by Gasteiger charge is 1.73. The van der Waals surface area contributed by atoms with Gasteiger partial charge in [0.2, 0.25) is 0 Å². The summed E-state index contributed by atoms with van der Waals surface area (Å²) in [6.07, 6.45) is 0.833. The Bertz CT molecular complexity index is 99.9. The lowest BCUT2D eigenvalue weighted by Crippen LogP contribution is -2.12. The molecule has 0 saturated heterocycles. The first-order chi connectivity index (χ1) is 5.18. The monoisotopic (exact) mass is 161 g/mol. The van der Waals surface area contributed by atoms with Gasteiger partial charge in [0.05, 0.1) is 6.61 Å². The van der Waals surface area contributed by atoms with Gasteiger partial charge in [-0.05, 0) is 6.92 Å². The molecule has 0 saturated carbocycles. The van der Waals surface area contributed by atoms with E-state index in [2.05, 4.69) is 12.1 Å². The summed E-state index contributed by atoms with van der Waals surface area (Å²) >= 11 is 0. The van der Waals surface area contributed by atoms with E-state index in [1.807, 2.05) is 13.8 Å². The van der Waals surface area contributed by atoms with Crippen LogP contribution in [0.15, 0.2) is 12.7 Å². The lowest BCUT2D eigenvalue weighted by molar-refractivity contribution is -0.131. The van der Waals surface area contributed by atoms with Gasteiger partial charge in [-0.15, -0.1) is 0 Å². The van der Waals surface area contributed by atoms with Gasteiger partial charge in [0, 0.05) is 12.6 Å². The SMILES string of the molecule is C=CC(=O)O.CCNOCC. The average molecular weight is 161 g/mol. The van der Waals surface area contributed by atoms with Gasteiger partial charge >= 0.3 is 5.97 Å². The Labute approximate surface area is 66.8 Å². The van der Waals surface area contributed by atoms with Gasteiger partial charge < -0.3 is 9.94 Å². The number of carbonyl (C=O) groups is 1. The molecule has 0 unspecified atom stereocenters. The Morgan fingerprint density at radius 2 is 2.18 bits per heavy atom. The second-order valence-corrected chi connectivity index (χ2v) is 1.47. The predicted octanol–water partition coefficient (Wildman–Crippen LogP) is 0.804. The molecule has 66 valence electrons. The molecule has 0 bridgehead atoms. The van der Waals surface area contributed by atoms with Crippen LogP contribution in [0.1, 0.15) is 13.8 Å². The number of aliphatic carboxylic acids is 1. The van der Waals surface area contributed by atoms with Crippen LogP contribution in [0, 0.1) is 0 Å². The molecule has 0 spiro atoms. The van der Waals surface area contributed by atoms with Crippen LogP contribution in [0.25, 0.3) is 0 Å². The molecule has 0 radical (unpaired) electrons. The van der Waals surface area contributed by atoms with Crippen LogP contribution in [-0.2, 0) is 9.63 Å². The molecule has 0 rings (SSSR count). The Morgan fingerprint density at radius 3 is 2.27 bits per heavy atom. The highest BCUT2D eigenvalue weighted by molar-refractivity contribution is 5.78. The number of carboxylic acids is 1. The van der Waals surface area contributed by atoms with Gasteiger partial charge in [-0.1, -0.05) is 13.5 Å². The highest BCUT2D eigenvalue weighted by atomic mass is 16.6. The zero-order chi connectivity index (χ0) is 9.11. The summed E-state index contributed by atoms with van der Waals surface area (Å²) in [5.41, 5.74) is 2.70. The van der Waals surface area contributed by atoms with Crippen molar-refractivity contribution >= 4 is 5.97 Å². The van der Waals surface area contributed by atoms with Crippen molar-refractivity contribution in [1.29, 1.82) is 0 Å². The molecule has 0 aliphatic carbocycles. The second kappa shape index (κ2) is 11.9. The Morgan fingerprint density at radius 1 is 1.73 bits per heavy atom. The third kappa shape index (κ3) is 27.2. The van der Waals surface area contributed by atoms with Crippen LogP contribution in [0.5, 0.6) is 0 Å². The van der Waals surface area contributed by atoms with E-state index in [1.54, 1.807) is 0 Å². The number of hydrogen-bond donors (Lipinski definition) is 2. The fraction of sp³-hybridized carbons (Fsp3) is 0.571. The first-order valence-corrected chi connectivity index (χ1v) is 3.39. The van der Waals surface area contributed by atoms with Crippen molar-refractivity contribution in [2.24, 2.45) is 0 Å². The van der Waals surface area contributed by atoms with Crippen LogP contribution in [0.4, 0.5) is 0 Å². The van der Waals surface area contributed by atoms with E-state index in [0.29, 0.717) is 0 Å². The van der Waals surface area contributed by atoms with Gasteiger partial charge in [-0.2, -0.15) is 0 Å². The van der Waals surface area contributed by atoms with Gasteiger partial charge in [0.25, 0.3) is 0 Å². The van der Waals surface area contributed by atoms with Crippen molar-refractivity contribution < 1.29 is 14.7 Å². The van der Waals surface area contributed by atoms with Crippen molar-refractivity contribution in [3.05, 3.63) is 12.7 Å². The maximum absolute atomic E-state index is 9.25. The first kappa shape index (κ1) is 12.8. The van der Waals surface area contributed by atoms with Crippen molar-refractivity contribution in [2.75, 3.05) is 13.2 Å². The molecule has 0 aromatic carbocycles. The number of carboxylic acid groups (broad SMARTS) is 1. The van der Waals surface area contributed by atoms with Crippen molar-refractivity contribution in [1.82, 2.24) is 5.48 Å². The molecule has 2 N–H and O–H groups in total. The highest BCUT2D eigenvalue weighted by Crippen LogP contribution is 1.58. The molecule has 0 aromatic rings. The van der Waals surface area contributed by atoms with Crippen LogP contribution in [0.2, 0.25) is 0 Å². The van der Waals surface area contributed by atoms with E-state index in [-0.39, 0.29) is 0 Å². The third-order valence-electron chi connectivity index (χ3n) is 0.565. The molecule has 0 aromatic heterocycles. The summed E-state index contributed by atoms with van der Waals surface area (Å²) in [6, 6.07) is 0. The van der Waals surface area contributed by atoms with Crippen LogP contribution >= 0.6 is 0 Å². The lowest BCUT2D eigenvalue weighted by atomic mass is 10.7. The number of rotatable bonds is 4. The maximum Gasteiger partial charge on any atom is 0.327 e.